The predicted octanol–water partition coefficient (Wildman–Crippen LogP) is 4.53. The standard InChI is InChI=1S/C26H21N3O4/c1-17-14-23(22-15-21(32-2)12-13-24(22)28-17)25(30)29-27-16-18-8-10-20(11-9-18)33-26(31)19-6-4-3-5-7-19/h3-16H,1-2H3,(H,29,30). The summed E-state index contributed by atoms with van der Waals surface area (Å²) < 4.78 is 10.6. The molecule has 0 saturated heterocycles. The first-order chi connectivity index (χ1) is 16.0. The highest BCUT2D eigenvalue weighted by Crippen LogP contribution is 2.23. The number of amides is 1. The third-order valence-electron chi connectivity index (χ3n) is 4.87. The van der Waals surface area contributed by atoms with Crippen LogP contribution in [-0.2, 0) is 0 Å². The number of aromatic nitrogens is 1. The van der Waals surface area contributed by atoms with Gasteiger partial charge < -0.3 is 9.47 Å². The van der Waals surface area contributed by atoms with Crippen LogP contribution in [0.2, 0.25) is 0 Å². The van der Waals surface area contributed by atoms with Crippen molar-refractivity contribution in [3.63, 3.8) is 0 Å². The average molecular weight is 439 g/mol. The topological polar surface area (TPSA) is 89.9 Å². The summed E-state index contributed by atoms with van der Waals surface area (Å²) in [6.45, 7) is 1.83. The van der Waals surface area contributed by atoms with Crippen molar-refractivity contribution in [3.8, 4) is 11.5 Å². The van der Waals surface area contributed by atoms with Gasteiger partial charge in [-0.15, -0.1) is 0 Å². The van der Waals surface area contributed by atoms with Gasteiger partial charge in [0.15, 0.2) is 0 Å². The Kier molecular flexibility index (Phi) is 6.40. The SMILES string of the molecule is COc1ccc2nc(C)cc(C(=O)NN=Cc3ccc(OC(=O)c4ccccc4)cc3)c2c1. The van der Waals surface area contributed by atoms with Crippen LogP contribution in [0.4, 0.5) is 0 Å². The molecule has 0 bridgehead atoms. The first-order valence-corrected chi connectivity index (χ1v) is 10.2. The van der Waals surface area contributed by atoms with E-state index in [2.05, 4.69) is 15.5 Å². The number of carbonyl (C=O) groups is 2. The fourth-order valence-electron chi connectivity index (χ4n) is 3.24. The largest absolute Gasteiger partial charge is 0.497 e. The zero-order valence-electron chi connectivity index (χ0n) is 18.1. The number of fused-ring (bicyclic) bond motifs is 1. The summed E-state index contributed by atoms with van der Waals surface area (Å²) in [6.07, 6.45) is 1.51. The smallest absolute Gasteiger partial charge is 0.343 e. The summed E-state index contributed by atoms with van der Waals surface area (Å²) in [7, 11) is 1.57. The van der Waals surface area contributed by atoms with Crippen LogP contribution in [-0.4, -0.2) is 30.2 Å². The number of aryl methyl sites for hydroxylation is 1. The van der Waals surface area contributed by atoms with Gasteiger partial charge in [-0.1, -0.05) is 18.2 Å². The Bertz CT molecular complexity index is 1330. The number of benzene rings is 3. The van der Waals surface area contributed by atoms with Crippen LogP contribution in [0.15, 0.2) is 84.0 Å². The summed E-state index contributed by atoms with van der Waals surface area (Å²) in [5.41, 5.74) is 5.63. The average Bonchev–Trinajstić information content (AvgIpc) is 2.84. The van der Waals surface area contributed by atoms with E-state index >= 15 is 0 Å². The lowest BCUT2D eigenvalue weighted by Gasteiger charge is -2.08. The second kappa shape index (κ2) is 9.74. The van der Waals surface area contributed by atoms with E-state index < -0.39 is 5.97 Å². The minimum Gasteiger partial charge on any atom is -0.497 e. The summed E-state index contributed by atoms with van der Waals surface area (Å²) in [6, 6.07) is 22.7. The molecule has 1 aromatic heterocycles. The molecule has 164 valence electrons. The number of hydrogen-bond acceptors (Lipinski definition) is 6. The Labute approximate surface area is 190 Å². The maximum absolute atomic E-state index is 12.8. The molecule has 0 atom stereocenters. The van der Waals surface area contributed by atoms with E-state index in [-0.39, 0.29) is 5.91 Å². The molecule has 7 heteroatoms. The van der Waals surface area contributed by atoms with Gasteiger partial charge in [0.2, 0.25) is 0 Å². The van der Waals surface area contributed by atoms with Gasteiger partial charge >= 0.3 is 5.97 Å². The van der Waals surface area contributed by atoms with Crippen molar-refractivity contribution in [2.24, 2.45) is 5.10 Å². The number of hydrazone groups is 1. The van der Waals surface area contributed by atoms with Gasteiger partial charge in [0.1, 0.15) is 11.5 Å². The number of esters is 1. The minimum atomic E-state index is -0.430. The van der Waals surface area contributed by atoms with Crippen molar-refractivity contribution in [2.75, 3.05) is 7.11 Å². The number of carbonyl (C=O) groups excluding carboxylic acids is 2. The van der Waals surface area contributed by atoms with Gasteiger partial charge in [0, 0.05) is 11.1 Å². The molecule has 1 amide bonds. The third-order valence-corrected chi connectivity index (χ3v) is 4.87. The molecule has 0 unspecified atom stereocenters. The lowest BCUT2D eigenvalue weighted by Crippen LogP contribution is -2.18. The van der Waals surface area contributed by atoms with Crippen molar-refractivity contribution in [1.82, 2.24) is 10.4 Å². The summed E-state index contributed by atoms with van der Waals surface area (Å²) in [5.74, 6) is 0.265. The van der Waals surface area contributed by atoms with E-state index in [9.17, 15) is 9.59 Å². The highest BCUT2D eigenvalue weighted by Gasteiger charge is 2.12. The maximum Gasteiger partial charge on any atom is 0.343 e. The summed E-state index contributed by atoms with van der Waals surface area (Å²) in [5, 5.41) is 4.73. The first kappa shape index (κ1) is 21.7. The van der Waals surface area contributed by atoms with Crippen molar-refractivity contribution in [3.05, 3.63) is 101 Å². The normalized spacial score (nSPS) is 10.8. The van der Waals surface area contributed by atoms with Crippen molar-refractivity contribution in [1.29, 1.82) is 0 Å². The molecule has 0 radical (unpaired) electrons. The van der Waals surface area contributed by atoms with E-state index in [1.54, 1.807) is 73.8 Å². The molecule has 0 fully saturated rings. The molecule has 0 saturated carbocycles. The maximum atomic E-state index is 12.8. The van der Waals surface area contributed by atoms with E-state index in [1.807, 2.05) is 19.1 Å². The van der Waals surface area contributed by atoms with Crippen LogP contribution in [0.1, 0.15) is 32.0 Å². The van der Waals surface area contributed by atoms with Gasteiger partial charge in [-0.2, -0.15) is 5.10 Å². The van der Waals surface area contributed by atoms with E-state index in [4.69, 9.17) is 9.47 Å². The quantitative estimate of drug-likeness (QED) is 0.206. The zero-order chi connectivity index (χ0) is 23.2. The Morgan fingerprint density at radius 3 is 2.39 bits per heavy atom. The molecular formula is C26H21N3O4. The second-order valence-corrected chi connectivity index (χ2v) is 7.22. The Balaban J connectivity index is 1.43. The van der Waals surface area contributed by atoms with Crippen molar-refractivity contribution in [2.45, 2.75) is 6.92 Å². The van der Waals surface area contributed by atoms with Crippen LogP contribution >= 0.6 is 0 Å². The fourth-order valence-corrected chi connectivity index (χ4v) is 3.24. The third kappa shape index (κ3) is 5.22. The molecule has 1 N–H and O–H groups in total. The van der Waals surface area contributed by atoms with Gasteiger partial charge in [-0.25, -0.2) is 10.2 Å². The Hall–Kier alpha value is -4.52. The summed E-state index contributed by atoms with van der Waals surface area (Å²) in [4.78, 5) is 29.3. The predicted molar refractivity (Wildman–Crippen MR) is 126 cm³/mol. The number of ether oxygens (including phenoxy) is 2. The zero-order valence-corrected chi connectivity index (χ0v) is 18.1. The number of methoxy groups -OCH3 is 1. The fraction of sp³-hybridized carbons (Fsp3) is 0.0769. The second-order valence-electron chi connectivity index (χ2n) is 7.22. The number of nitrogens with zero attached hydrogens (tertiary/aromatic N) is 2. The number of hydrogen-bond donors (Lipinski definition) is 1. The van der Waals surface area contributed by atoms with Crippen LogP contribution < -0.4 is 14.9 Å². The first-order valence-electron chi connectivity index (χ1n) is 10.2. The molecule has 0 aliphatic heterocycles. The molecule has 4 rings (SSSR count). The van der Waals surface area contributed by atoms with E-state index in [0.717, 1.165) is 11.3 Å². The minimum absolute atomic E-state index is 0.358. The molecule has 7 nitrogen and oxygen atoms in total. The van der Waals surface area contributed by atoms with Crippen LogP contribution in [0, 0.1) is 6.92 Å². The number of rotatable bonds is 6. The number of pyridine rings is 1. The van der Waals surface area contributed by atoms with Gasteiger partial charge in [0.25, 0.3) is 5.91 Å². The van der Waals surface area contributed by atoms with Crippen LogP contribution in [0.5, 0.6) is 11.5 Å². The summed E-state index contributed by atoms with van der Waals surface area (Å²) >= 11 is 0. The van der Waals surface area contributed by atoms with Gasteiger partial charge in [-0.05, 0) is 73.2 Å². The van der Waals surface area contributed by atoms with Crippen LogP contribution in [0.25, 0.3) is 10.9 Å². The van der Waals surface area contributed by atoms with E-state index in [1.165, 1.54) is 6.21 Å². The molecular weight excluding hydrogens is 418 g/mol. The lowest BCUT2D eigenvalue weighted by molar-refractivity contribution is 0.0734. The van der Waals surface area contributed by atoms with Crippen LogP contribution in [0.3, 0.4) is 0 Å². The molecule has 33 heavy (non-hydrogen) atoms. The van der Waals surface area contributed by atoms with Gasteiger partial charge in [-0.3, -0.25) is 9.78 Å². The van der Waals surface area contributed by atoms with Crippen molar-refractivity contribution >= 4 is 29.0 Å². The molecule has 0 aliphatic carbocycles. The highest BCUT2D eigenvalue weighted by molar-refractivity contribution is 6.06. The van der Waals surface area contributed by atoms with Gasteiger partial charge in [0.05, 0.1) is 30.0 Å². The Morgan fingerprint density at radius 2 is 1.67 bits per heavy atom. The molecule has 0 aliphatic rings. The Morgan fingerprint density at radius 1 is 0.939 bits per heavy atom. The number of nitrogens with one attached hydrogen (secondary N) is 1. The molecule has 4 aromatic rings. The molecule has 0 spiro atoms. The monoisotopic (exact) mass is 439 g/mol. The highest BCUT2D eigenvalue weighted by atomic mass is 16.5. The lowest BCUT2D eigenvalue weighted by atomic mass is 10.1. The molecule has 1 heterocycles. The van der Waals surface area contributed by atoms with E-state index in [0.29, 0.717) is 33.5 Å². The molecule has 3 aromatic carbocycles. The van der Waals surface area contributed by atoms with Crippen molar-refractivity contribution < 1.29 is 19.1 Å².